The van der Waals surface area contributed by atoms with Crippen molar-refractivity contribution in [1.29, 1.82) is 0 Å². The van der Waals surface area contributed by atoms with E-state index in [0.717, 1.165) is 24.1 Å². The number of aromatic nitrogens is 1. The van der Waals surface area contributed by atoms with Crippen molar-refractivity contribution in [3.8, 4) is 22.3 Å². The summed E-state index contributed by atoms with van der Waals surface area (Å²) in [5, 5.41) is 2.99. The highest BCUT2D eigenvalue weighted by Crippen LogP contribution is 2.32. The molecule has 1 heterocycles. The van der Waals surface area contributed by atoms with Crippen LogP contribution in [0, 0.1) is 0 Å². The third kappa shape index (κ3) is 4.54. The number of rotatable bonds is 1. The number of fused-ring (bicyclic) bond motifs is 5. The van der Waals surface area contributed by atoms with E-state index in [2.05, 4.69) is 53.5 Å². The quantitative estimate of drug-likeness (QED) is 0.316. The van der Waals surface area contributed by atoms with Gasteiger partial charge >= 0.3 is 6.18 Å². The van der Waals surface area contributed by atoms with Crippen LogP contribution < -0.4 is 10.4 Å². The minimum absolute atomic E-state index is 0.539. The number of alkyl halides is 3. The smallest absolute Gasteiger partial charge is 0.265 e. The molecule has 4 aromatic rings. The first-order valence-electron chi connectivity index (χ1n) is 11.5. The van der Waals surface area contributed by atoms with Crippen molar-refractivity contribution >= 4 is 12.2 Å². The van der Waals surface area contributed by atoms with Gasteiger partial charge in [-0.2, -0.15) is 13.2 Å². The third-order valence-corrected chi connectivity index (χ3v) is 6.41. The van der Waals surface area contributed by atoms with Gasteiger partial charge in [0.1, 0.15) is 0 Å². The van der Waals surface area contributed by atoms with Crippen LogP contribution in [0.1, 0.15) is 29.5 Å². The van der Waals surface area contributed by atoms with Crippen LogP contribution in [0.5, 0.6) is 0 Å². The topological polar surface area (TPSA) is 12.9 Å². The monoisotopic (exact) mass is 455 g/mol. The van der Waals surface area contributed by atoms with Crippen LogP contribution in [0.15, 0.2) is 85.2 Å². The zero-order chi connectivity index (χ0) is 23.5. The van der Waals surface area contributed by atoms with E-state index in [0.29, 0.717) is 5.56 Å². The maximum Gasteiger partial charge on any atom is 0.416 e. The predicted molar refractivity (Wildman–Crippen MR) is 131 cm³/mol. The van der Waals surface area contributed by atoms with E-state index < -0.39 is 11.7 Å². The van der Waals surface area contributed by atoms with Gasteiger partial charge in [0.25, 0.3) is 0 Å². The molecule has 0 radical (unpaired) electrons. The van der Waals surface area contributed by atoms with Gasteiger partial charge in [-0.1, -0.05) is 60.7 Å². The van der Waals surface area contributed by atoms with Crippen LogP contribution in [0.4, 0.5) is 13.2 Å². The van der Waals surface area contributed by atoms with E-state index in [4.69, 9.17) is 0 Å². The van der Waals surface area contributed by atoms with Crippen LogP contribution in [0.3, 0.4) is 0 Å². The Kier molecular flexibility index (Phi) is 6.06. The maximum absolute atomic E-state index is 12.5. The Morgan fingerprint density at radius 1 is 0.676 bits per heavy atom. The van der Waals surface area contributed by atoms with Crippen molar-refractivity contribution in [3.63, 3.8) is 0 Å². The van der Waals surface area contributed by atoms with E-state index in [9.17, 15) is 13.2 Å². The minimum Gasteiger partial charge on any atom is -0.265 e. The van der Waals surface area contributed by atoms with Gasteiger partial charge in [0.05, 0.1) is 5.56 Å². The molecule has 0 unspecified atom stereocenters. The first-order chi connectivity index (χ1) is 16.5. The molecular weight excluding hydrogens is 431 g/mol. The average molecular weight is 456 g/mol. The van der Waals surface area contributed by atoms with Crippen molar-refractivity contribution in [3.05, 3.63) is 112 Å². The maximum atomic E-state index is 12.5. The van der Waals surface area contributed by atoms with Crippen LogP contribution in [-0.4, -0.2) is 4.98 Å². The zero-order valence-corrected chi connectivity index (χ0v) is 18.6. The molecule has 2 aliphatic rings. The number of halogens is 3. The highest BCUT2D eigenvalue weighted by molar-refractivity contribution is 5.74. The molecule has 0 aliphatic heterocycles. The third-order valence-electron chi connectivity index (χ3n) is 6.41. The second-order valence-corrected chi connectivity index (χ2v) is 8.58. The number of benzene rings is 3. The normalized spacial score (nSPS) is 13.7. The van der Waals surface area contributed by atoms with Crippen LogP contribution >= 0.6 is 0 Å². The molecular formula is C30H24F3N. The molecule has 0 saturated heterocycles. The van der Waals surface area contributed by atoms with Gasteiger partial charge < -0.3 is 0 Å². The van der Waals surface area contributed by atoms with Gasteiger partial charge in [-0.15, -0.1) is 0 Å². The molecule has 2 aliphatic carbocycles. The minimum atomic E-state index is -4.30. The Hall–Kier alpha value is -3.66. The van der Waals surface area contributed by atoms with Gasteiger partial charge in [0.2, 0.25) is 0 Å². The first kappa shape index (κ1) is 22.1. The van der Waals surface area contributed by atoms with Crippen molar-refractivity contribution < 1.29 is 13.2 Å². The second-order valence-electron chi connectivity index (χ2n) is 8.58. The number of hydrogen-bond donors (Lipinski definition) is 0. The fourth-order valence-electron chi connectivity index (χ4n) is 4.73. The molecule has 170 valence electrons. The van der Waals surface area contributed by atoms with Gasteiger partial charge in [0.15, 0.2) is 0 Å². The summed E-state index contributed by atoms with van der Waals surface area (Å²) in [6.45, 7) is 0. The molecule has 0 atom stereocenters. The van der Waals surface area contributed by atoms with E-state index in [1.54, 1.807) is 30.6 Å². The van der Waals surface area contributed by atoms with Crippen molar-refractivity contribution in [2.24, 2.45) is 0 Å². The van der Waals surface area contributed by atoms with E-state index in [1.165, 1.54) is 58.0 Å². The van der Waals surface area contributed by atoms with Gasteiger partial charge in [-0.05, 0) is 93.8 Å². The van der Waals surface area contributed by atoms with Gasteiger partial charge in [-0.3, -0.25) is 4.98 Å². The van der Waals surface area contributed by atoms with Crippen molar-refractivity contribution in [2.45, 2.75) is 31.9 Å². The Balaban J connectivity index is 0.000000143. The molecule has 4 heteroatoms. The highest BCUT2D eigenvalue weighted by atomic mass is 19.4. The van der Waals surface area contributed by atoms with Gasteiger partial charge in [0, 0.05) is 12.4 Å². The fraction of sp³-hybridized carbons (Fsp3) is 0.167. The van der Waals surface area contributed by atoms with E-state index in [1.807, 2.05) is 0 Å². The fourth-order valence-corrected chi connectivity index (χ4v) is 4.73. The molecule has 0 saturated carbocycles. The Morgan fingerprint density at radius 3 is 2.32 bits per heavy atom. The SMILES string of the molecule is C1=c2c(ccc3c2=CCc2ccccc2-3)CCC1.FC(F)(F)c1cccc(-c2ccncc2)c1. The summed E-state index contributed by atoms with van der Waals surface area (Å²) in [5.74, 6) is 0. The van der Waals surface area contributed by atoms with Crippen molar-refractivity contribution in [2.75, 3.05) is 0 Å². The number of pyridine rings is 1. The summed E-state index contributed by atoms with van der Waals surface area (Å²) in [7, 11) is 0. The van der Waals surface area contributed by atoms with Gasteiger partial charge in [-0.25, -0.2) is 0 Å². The lowest BCUT2D eigenvalue weighted by Gasteiger charge is -2.17. The zero-order valence-electron chi connectivity index (χ0n) is 18.6. The number of nitrogens with zero attached hydrogens (tertiary/aromatic N) is 1. The largest absolute Gasteiger partial charge is 0.416 e. The molecule has 1 nitrogen and oxygen atoms in total. The molecule has 0 amide bonds. The van der Waals surface area contributed by atoms with Crippen molar-refractivity contribution in [1.82, 2.24) is 4.98 Å². The molecule has 34 heavy (non-hydrogen) atoms. The number of aryl methyl sites for hydroxylation is 1. The average Bonchev–Trinajstić information content (AvgIpc) is 2.89. The second kappa shape index (κ2) is 9.30. The lowest BCUT2D eigenvalue weighted by molar-refractivity contribution is -0.137. The lowest BCUT2D eigenvalue weighted by atomic mass is 9.87. The number of hydrogen-bond acceptors (Lipinski definition) is 1. The Labute approximate surface area is 196 Å². The Morgan fingerprint density at radius 2 is 1.50 bits per heavy atom. The summed E-state index contributed by atoms with van der Waals surface area (Å²) >= 11 is 0. The summed E-state index contributed by atoms with van der Waals surface area (Å²) in [6, 6.07) is 22.0. The summed E-state index contributed by atoms with van der Waals surface area (Å²) in [5.41, 5.74) is 6.47. The summed E-state index contributed by atoms with van der Waals surface area (Å²) in [4.78, 5) is 3.82. The summed E-state index contributed by atoms with van der Waals surface area (Å²) in [6.07, 6.45) is 8.51. The van der Waals surface area contributed by atoms with Crippen LogP contribution in [-0.2, 0) is 19.0 Å². The molecule has 3 aromatic carbocycles. The molecule has 0 bridgehead atoms. The molecule has 1 aromatic heterocycles. The van der Waals surface area contributed by atoms with Crippen LogP contribution in [0.25, 0.3) is 34.4 Å². The molecule has 0 N–H and O–H groups in total. The van der Waals surface area contributed by atoms with E-state index >= 15 is 0 Å². The first-order valence-corrected chi connectivity index (χ1v) is 11.5. The molecule has 0 spiro atoms. The summed E-state index contributed by atoms with van der Waals surface area (Å²) < 4.78 is 37.4. The molecule has 6 rings (SSSR count). The standard InChI is InChI=1S/C18H16.C12H8F3N/c1-3-7-15-13(5-1)9-11-18-16-8-4-2-6-14(16)10-12-17(15)18;13-12(14,15)11-3-1-2-10(8-11)9-4-6-16-7-5-9/h1,3,5,7-8,10-12H,2,4,6,9H2;1-8H. The highest BCUT2D eigenvalue weighted by Gasteiger charge is 2.30. The predicted octanol–water partition coefficient (Wildman–Crippen LogP) is 6.57. The van der Waals surface area contributed by atoms with E-state index in [-0.39, 0.29) is 0 Å². The van der Waals surface area contributed by atoms with Crippen LogP contribution in [0.2, 0.25) is 0 Å². The Bertz CT molecular complexity index is 1440. The lowest BCUT2D eigenvalue weighted by Crippen LogP contribution is -2.33. The molecule has 0 fully saturated rings.